The monoisotopic (exact) mass is 612 g/mol. The lowest BCUT2D eigenvalue weighted by atomic mass is 9.97. The molecule has 3 aromatic heterocycles. The molecule has 6 rings (SSSR count). The van der Waals surface area contributed by atoms with Crippen LogP contribution in [0.3, 0.4) is 0 Å². The number of aromatic nitrogens is 3. The molecule has 0 saturated heterocycles. The fourth-order valence-electron chi connectivity index (χ4n) is 4.67. The maximum Gasteiger partial charge on any atom is 0.267 e. The van der Waals surface area contributed by atoms with Crippen molar-refractivity contribution in [1.82, 2.24) is 14.5 Å². The number of hydrogen-bond donors (Lipinski definition) is 1. The Balaban J connectivity index is 1.21. The van der Waals surface area contributed by atoms with Crippen LogP contribution in [-0.4, -0.2) is 26.2 Å². The van der Waals surface area contributed by atoms with Crippen molar-refractivity contribution in [3.8, 4) is 5.69 Å². The van der Waals surface area contributed by atoms with E-state index in [2.05, 4.69) is 10.3 Å². The number of thiazole rings is 1. The van der Waals surface area contributed by atoms with Crippen LogP contribution in [0.5, 0.6) is 0 Å². The van der Waals surface area contributed by atoms with E-state index in [0.29, 0.717) is 26.8 Å². The van der Waals surface area contributed by atoms with Crippen LogP contribution in [0.2, 0.25) is 10.0 Å². The van der Waals surface area contributed by atoms with Gasteiger partial charge in [0, 0.05) is 22.4 Å². The number of nitrogens with zero attached hydrogens (tertiary/aromatic N) is 3. The molecule has 5 aromatic rings. The molecule has 0 fully saturated rings. The first kappa shape index (κ1) is 26.5. The number of amides is 1. The molecule has 0 aliphatic heterocycles. The predicted octanol–water partition coefficient (Wildman–Crippen LogP) is 7.41. The van der Waals surface area contributed by atoms with Crippen LogP contribution in [-0.2, 0) is 24.1 Å². The fourth-order valence-corrected chi connectivity index (χ4v) is 7.97. The zero-order valence-electron chi connectivity index (χ0n) is 20.6. The zero-order chi connectivity index (χ0) is 26.9. The number of benzene rings is 2. The number of anilines is 1. The van der Waals surface area contributed by atoms with Gasteiger partial charge in [0.15, 0.2) is 10.3 Å². The Morgan fingerprint density at radius 1 is 1.05 bits per heavy atom. The third-order valence-electron chi connectivity index (χ3n) is 6.47. The summed E-state index contributed by atoms with van der Waals surface area (Å²) in [5.41, 5.74) is 2.83. The first-order valence-electron chi connectivity index (χ1n) is 12.4. The predicted molar refractivity (Wildman–Crippen MR) is 163 cm³/mol. The van der Waals surface area contributed by atoms with Crippen molar-refractivity contribution >= 4 is 78.9 Å². The fraction of sp³-hybridized carbons (Fsp3) is 0.214. The number of halogens is 2. The molecule has 2 aromatic carbocycles. The van der Waals surface area contributed by atoms with Crippen molar-refractivity contribution < 1.29 is 4.79 Å². The van der Waals surface area contributed by atoms with Crippen molar-refractivity contribution in [2.24, 2.45) is 0 Å². The van der Waals surface area contributed by atoms with Gasteiger partial charge in [0.2, 0.25) is 5.91 Å². The van der Waals surface area contributed by atoms with E-state index in [4.69, 9.17) is 28.2 Å². The van der Waals surface area contributed by atoms with Gasteiger partial charge in [-0.1, -0.05) is 59.2 Å². The number of rotatable bonds is 7. The molecular weight excluding hydrogens is 591 g/mol. The minimum absolute atomic E-state index is 0.0691. The van der Waals surface area contributed by atoms with Crippen LogP contribution >= 0.6 is 57.6 Å². The minimum atomic E-state index is -0.213. The number of hydrogen-bond acceptors (Lipinski definition) is 7. The lowest BCUT2D eigenvalue weighted by Gasteiger charge is -2.13. The lowest BCUT2D eigenvalue weighted by molar-refractivity contribution is -0.113. The molecule has 11 heteroatoms. The van der Waals surface area contributed by atoms with Gasteiger partial charge in [-0.2, -0.15) is 0 Å². The van der Waals surface area contributed by atoms with E-state index < -0.39 is 0 Å². The number of thiophene rings is 1. The highest BCUT2D eigenvalue weighted by Gasteiger charge is 2.23. The molecule has 0 spiro atoms. The van der Waals surface area contributed by atoms with Gasteiger partial charge in [-0.15, -0.1) is 22.7 Å². The van der Waals surface area contributed by atoms with Gasteiger partial charge in [0.05, 0.1) is 26.9 Å². The van der Waals surface area contributed by atoms with Gasteiger partial charge in [0.1, 0.15) is 4.83 Å². The Bertz CT molecular complexity index is 1750. The number of nitrogens with one attached hydrogen (secondary N) is 1. The Labute approximate surface area is 247 Å². The Hall–Kier alpha value is -2.69. The van der Waals surface area contributed by atoms with Gasteiger partial charge in [-0.25, -0.2) is 9.97 Å². The quantitative estimate of drug-likeness (QED) is 0.153. The van der Waals surface area contributed by atoms with E-state index in [0.717, 1.165) is 57.6 Å². The molecule has 0 bridgehead atoms. The molecule has 39 heavy (non-hydrogen) atoms. The van der Waals surface area contributed by atoms with Gasteiger partial charge in [-0.3, -0.25) is 14.2 Å². The summed E-state index contributed by atoms with van der Waals surface area (Å²) >= 11 is 16.4. The number of para-hydroxylation sites is 1. The van der Waals surface area contributed by atoms with Crippen molar-refractivity contribution in [2.45, 2.75) is 37.3 Å². The third-order valence-corrected chi connectivity index (χ3v) is 10.2. The molecule has 198 valence electrons. The van der Waals surface area contributed by atoms with E-state index in [-0.39, 0.29) is 17.2 Å². The minimum Gasteiger partial charge on any atom is -0.301 e. The molecule has 1 N–H and O–H groups in total. The summed E-state index contributed by atoms with van der Waals surface area (Å²) in [5.74, 6) is -0.118. The Morgan fingerprint density at radius 2 is 1.87 bits per heavy atom. The maximum absolute atomic E-state index is 13.8. The van der Waals surface area contributed by atoms with E-state index in [1.165, 1.54) is 28.0 Å². The highest BCUT2D eigenvalue weighted by atomic mass is 35.5. The average Bonchev–Trinajstić information content (AvgIpc) is 3.54. The molecule has 1 amide bonds. The summed E-state index contributed by atoms with van der Waals surface area (Å²) in [5, 5.41) is 5.65. The summed E-state index contributed by atoms with van der Waals surface area (Å²) in [6.45, 7) is 0. The summed E-state index contributed by atoms with van der Waals surface area (Å²) in [6, 6.07) is 15.0. The summed E-state index contributed by atoms with van der Waals surface area (Å²) in [6.07, 6.45) is 6.52. The number of carbonyl (C=O) groups is 1. The van der Waals surface area contributed by atoms with Crippen LogP contribution < -0.4 is 10.9 Å². The van der Waals surface area contributed by atoms with Crippen LogP contribution in [0.15, 0.2) is 64.7 Å². The average molecular weight is 614 g/mol. The number of carbonyl (C=O) groups excluding carboxylic acids is 1. The third kappa shape index (κ3) is 5.64. The summed E-state index contributed by atoms with van der Waals surface area (Å²) < 4.78 is 1.64. The molecule has 6 nitrogen and oxygen atoms in total. The van der Waals surface area contributed by atoms with E-state index in [9.17, 15) is 9.59 Å². The number of aryl methyl sites for hydroxylation is 2. The molecule has 0 unspecified atom stereocenters. The van der Waals surface area contributed by atoms with Gasteiger partial charge >= 0.3 is 0 Å². The standard InChI is InChI=1S/C28H22Cl2N4O2S3/c29-20-11-10-16(13-21(20)30)12-18-14-31-27(38-18)32-23(35)15-37-28-33-25-24(19-8-4-5-9-22(19)39-25)26(36)34(28)17-6-2-1-3-7-17/h1-3,6-7,10-11,13-14H,4-5,8-9,12,15H2,(H,31,32,35). The number of thioether (sulfide) groups is 1. The van der Waals surface area contributed by atoms with Crippen LogP contribution in [0, 0.1) is 0 Å². The highest BCUT2D eigenvalue weighted by molar-refractivity contribution is 7.99. The molecule has 0 radical (unpaired) electrons. The summed E-state index contributed by atoms with van der Waals surface area (Å²) in [7, 11) is 0. The molecule has 1 aliphatic carbocycles. The first-order chi connectivity index (χ1) is 19.0. The van der Waals surface area contributed by atoms with Crippen LogP contribution in [0.1, 0.15) is 33.7 Å². The van der Waals surface area contributed by atoms with Crippen molar-refractivity contribution in [2.75, 3.05) is 11.1 Å². The van der Waals surface area contributed by atoms with E-state index in [1.54, 1.807) is 28.2 Å². The van der Waals surface area contributed by atoms with Gasteiger partial charge in [0.25, 0.3) is 5.56 Å². The Kier molecular flexibility index (Phi) is 7.77. The summed E-state index contributed by atoms with van der Waals surface area (Å²) in [4.78, 5) is 38.9. The van der Waals surface area contributed by atoms with E-state index >= 15 is 0 Å². The lowest BCUT2D eigenvalue weighted by Crippen LogP contribution is -2.23. The Morgan fingerprint density at radius 3 is 2.69 bits per heavy atom. The zero-order valence-corrected chi connectivity index (χ0v) is 24.5. The van der Waals surface area contributed by atoms with Gasteiger partial charge < -0.3 is 5.32 Å². The first-order valence-corrected chi connectivity index (χ1v) is 15.8. The van der Waals surface area contributed by atoms with Crippen molar-refractivity contribution in [3.63, 3.8) is 0 Å². The largest absolute Gasteiger partial charge is 0.301 e. The topological polar surface area (TPSA) is 76.9 Å². The molecule has 0 saturated carbocycles. The highest BCUT2D eigenvalue weighted by Crippen LogP contribution is 2.35. The second-order valence-electron chi connectivity index (χ2n) is 9.16. The second kappa shape index (κ2) is 11.4. The maximum atomic E-state index is 13.8. The molecular formula is C28H22Cl2N4O2S3. The smallest absolute Gasteiger partial charge is 0.267 e. The normalized spacial score (nSPS) is 13.0. The van der Waals surface area contributed by atoms with Crippen molar-refractivity contribution in [3.05, 3.63) is 96.0 Å². The molecule has 3 heterocycles. The number of fused-ring (bicyclic) bond motifs is 3. The van der Waals surface area contributed by atoms with Gasteiger partial charge in [-0.05, 0) is 61.1 Å². The van der Waals surface area contributed by atoms with Crippen LogP contribution in [0.4, 0.5) is 5.13 Å². The van der Waals surface area contributed by atoms with E-state index in [1.807, 2.05) is 42.5 Å². The molecule has 1 aliphatic rings. The van der Waals surface area contributed by atoms with Crippen LogP contribution in [0.25, 0.3) is 15.9 Å². The van der Waals surface area contributed by atoms with Crippen molar-refractivity contribution in [1.29, 1.82) is 0 Å². The second-order valence-corrected chi connectivity index (χ2v) is 13.1. The SMILES string of the molecule is O=C(CSc1nc2sc3c(c2c(=O)n1-c1ccccc1)CCCC3)Nc1ncc(Cc2ccc(Cl)c(Cl)c2)s1. The molecule has 0 atom stereocenters.